The average Bonchev–Trinajstić information content (AvgIpc) is 2.75. The van der Waals surface area contributed by atoms with Crippen molar-refractivity contribution in [1.82, 2.24) is 0 Å². The van der Waals surface area contributed by atoms with E-state index in [-0.39, 0.29) is 10.8 Å². The second-order valence-electron chi connectivity index (χ2n) is 8.39. The normalized spacial score (nSPS) is 14.5. The van der Waals surface area contributed by atoms with Crippen LogP contribution in [0.25, 0.3) is 0 Å². The first kappa shape index (κ1) is 22.8. The largest absolute Gasteiger partial charge is 0.325 e. The third kappa shape index (κ3) is 4.57. The van der Waals surface area contributed by atoms with E-state index in [4.69, 9.17) is 0 Å². The molecule has 2 unspecified atom stereocenters. The maximum atomic E-state index is 13.6. The number of carbonyl (C=O) groups is 1. The molecule has 0 heterocycles. The smallest absolute Gasteiger partial charge is 0.236 e. The molecular weight excluding hydrogens is 406 g/mol. The summed E-state index contributed by atoms with van der Waals surface area (Å²) in [5, 5.41) is 1.94. The predicted molar refractivity (Wildman–Crippen MR) is 126 cm³/mol. The SMILES string of the molecule is Cc1ccc(NC(=O)C(C)(c2ccc(C)cc2)C(C)S(=O)(=O)c2ccc(C)cc2)cc1. The highest BCUT2D eigenvalue weighted by atomic mass is 32.2. The third-order valence-corrected chi connectivity index (χ3v) is 8.39. The van der Waals surface area contributed by atoms with Crippen LogP contribution in [0.3, 0.4) is 0 Å². The Bertz CT molecular complexity index is 1160. The summed E-state index contributed by atoms with van der Waals surface area (Å²) in [6.07, 6.45) is 0. The highest BCUT2D eigenvalue weighted by Gasteiger charge is 2.47. The van der Waals surface area contributed by atoms with E-state index in [1.807, 2.05) is 69.3 Å². The first-order valence-electron chi connectivity index (χ1n) is 10.3. The van der Waals surface area contributed by atoms with Crippen molar-refractivity contribution in [2.45, 2.75) is 50.2 Å². The first-order valence-corrected chi connectivity index (χ1v) is 11.9. The van der Waals surface area contributed by atoms with Gasteiger partial charge in [-0.15, -0.1) is 0 Å². The molecule has 0 spiro atoms. The quantitative estimate of drug-likeness (QED) is 0.566. The molecule has 0 bridgehead atoms. The fourth-order valence-corrected chi connectivity index (χ4v) is 5.38. The van der Waals surface area contributed by atoms with Gasteiger partial charge < -0.3 is 5.32 Å². The molecule has 162 valence electrons. The van der Waals surface area contributed by atoms with E-state index in [1.54, 1.807) is 38.1 Å². The van der Waals surface area contributed by atoms with Crippen molar-refractivity contribution < 1.29 is 13.2 Å². The van der Waals surface area contributed by atoms with E-state index >= 15 is 0 Å². The number of carbonyl (C=O) groups excluding carboxylic acids is 1. The van der Waals surface area contributed by atoms with Gasteiger partial charge >= 0.3 is 0 Å². The zero-order chi connectivity index (χ0) is 22.8. The molecular formula is C26H29NO3S. The Morgan fingerprint density at radius 1 is 0.774 bits per heavy atom. The van der Waals surface area contributed by atoms with Crippen LogP contribution in [-0.2, 0) is 20.0 Å². The number of hydrogen-bond donors (Lipinski definition) is 1. The minimum atomic E-state index is -3.78. The van der Waals surface area contributed by atoms with Crippen molar-refractivity contribution in [2.24, 2.45) is 0 Å². The predicted octanol–water partition coefficient (Wildman–Crippen LogP) is 5.37. The molecule has 0 saturated carbocycles. The van der Waals surface area contributed by atoms with Crippen LogP contribution >= 0.6 is 0 Å². The molecule has 2 atom stereocenters. The van der Waals surface area contributed by atoms with E-state index in [2.05, 4.69) is 5.32 Å². The van der Waals surface area contributed by atoms with Gasteiger partial charge in [0.15, 0.2) is 9.84 Å². The molecule has 0 saturated heterocycles. The lowest BCUT2D eigenvalue weighted by Gasteiger charge is -2.34. The molecule has 4 nitrogen and oxygen atoms in total. The molecule has 3 rings (SSSR count). The second kappa shape index (κ2) is 8.67. The summed E-state index contributed by atoms with van der Waals surface area (Å²) in [6, 6.07) is 21.7. The van der Waals surface area contributed by atoms with Crippen molar-refractivity contribution >= 4 is 21.4 Å². The number of aryl methyl sites for hydroxylation is 3. The highest BCUT2D eigenvalue weighted by molar-refractivity contribution is 7.92. The Hall–Kier alpha value is -2.92. The molecule has 1 N–H and O–H groups in total. The molecule has 0 aliphatic carbocycles. The molecule has 0 aliphatic rings. The first-order chi connectivity index (χ1) is 14.5. The Labute approximate surface area is 185 Å². The number of nitrogens with one attached hydrogen (secondary N) is 1. The van der Waals surface area contributed by atoms with E-state index in [1.165, 1.54) is 0 Å². The fourth-order valence-electron chi connectivity index (χ4n) is 3.59. The zero-order valence-corrected chi connectivity index (χ0v) is 19.5. The molecule has 3 aromatic carbocycles. The summed E-state index contributed by atoms with van der Waals surface area (Å²) >= 11 is 0. The van der Waals surface area contributed by atoms with Crippen LogP contribution in [0.4, 0.5) is 5.69 Å². The Morgan fingerprint density at radius 3 is 1.68 bits per heavy atom. The van der Waals surface area contributed by atoms with E-state index < -0.39 is 20.5 Å². The molecule has 0 aliphatic heterocycles. The van der Waals surface area contributed by atoms with Gasteiger partial charge in [-0.2, -0.15) is 0 Å². The molecule has 5 heteroatoms. The second-order valence-corrected chi connectivity index (χ2v) is 10.7. The van der Waals surface area contributed by atoms with E-state index in [0.29, 0.717) is 11.3 Å². The van der Waals surface area contributed by atoms with Crippen molar-refractivity contribution in [3.8, 4) is 0 Å². The average molecular weight is 436 g/mol. The molecule has 0 fully saturated rings. The lowest BCUT2D eigenvalue weighted by Crippen LogP contribution is -2.49. The van der Waals surface area contributed by atoms with Crippen molar-refractivity contribution in [2.75, 3.05) is 5.32 Å². The van der Waals surface area contributed by atoms with Gasteiger partial charge in [0.1, 0.15) is 0 Å². The van der Waals surface area contributed by atoms with Crippen LogP contribution in [0.15, 0.2) is 77.7 Å². The van der Waals surface area contributed by atoms with Crippen LogP contribution in [0, 0.1) is 20.8 Å². The number of anilines is 1. The summed E-state index contributed by atoms with van der Waals surface area (Å²) in [4.78, 5) is 13.8. The van der Waals surface area contributed by atoms with Crippen LogP contribution in [0.2, 0.25) is 0 Å². The maximum absolute atomic E-state index is 13.6. The van der Waals surface area contributed by atoms with Gasteiger partial charge in [-0.3, -0.25) is 4.79 Å². The molecule has 1 amide bonds. The summed E-state index contributed by atoms with van der Waals surface area (Å²) in [7, 11) is -3.78. The molecule has 3 aromatic rings. The lowest BCUT2D eigenvalue weighted by molar-refractivity contribution is -0.121. The Morgan fingerprint density at radius 2 is 1.19 bits per heavy atom. The van der Waals surface area contributed by atoms with Gasteiger partial charge in [-0.1, -0.05) is 65.2 Å². The Kier molecular flexibility index (Phi) is 6.37. The van der Waals surface area contributed by atoms with Gasteiger partial charge in [-0.05, 0) is 64.4 Å². The summed E-state index contributed by atoms with van der Waals surface area (Å²) in [5.74, 6) is -0.358. The van der Waals surface area contributed by atoms with Crippen LogP contribution in [0.5, 0.6) is 0 Å². The number of sulfone groups is 1. The van der Waals surface area contributed by atoms with Gasteiger partial charge in [0.05, 0.1) is 15.6 Å². The third-order valence-electron chi connectivity index (χ3n) is 6.06. The van der Waals surface area contributed by atoms with Gasteiger partial charge in [-0.25, -0.2) is 8.42 Å². The van der Waals surface area contributed by atoms with Crippen LogP contribution < -0.4 is 5.32 Å². The van der Waals surface area contributed by atoms with Gasteiger partial charge in [0.2, 0.25) is 5.91 Å². The van der Waals surface area contributed by atoms with Crippen LogP contribution in [0.1, 0.15) is 36.1 Å². The fraction of sp³-hybridized carbons (Fsp3) is 0.269. The highest BCUT2D eigenvalue weighted by Crippen LogP contribution is 2.36. The molecule has 31 heavy (non-hydrogen) atoms. The summed E-state index contributed by atoms with van der Waals surface area (Å²) in [5.41, 5.74) is 3.08. The summed E-state index contributed by atoms with van der Waals surface area (Å²) in [6.45, 7) is 9.16. The van der Waals surface area contributed by atoms with Gasteiger partial charge in [0, 0.05) is 5.69 Å². The number of hydrogen-bond acceptors (Lipinski definition) is 3. The van der Waals surface area contributed by atoms with Gasteiger partial charge in [0.25, 0.3) is 0 Å². The number of amides is 1. The van der Waals surface area contributed by atoms with E-state index in [9.17, 15) is 13.2 Å². The van der Waals surface area contributed by atoms with Crippen molar-refractivity contribution in [1.29, 1.82) is 0 Å². The zero-order valence-electron chi connectivity index (χ0n) is 18.6. The van der Waals surface area contributed by atoms with Crippen molar-refractivity contribution in [3.63, 3.8) is 0 Å². The molecule has 0 aromatic heterocycles. The monoisotopic (exact) mass is 435 g/mol. The number of rotatable bonds is 6. The topological polar surface area (TPSA) is 63.2 Å². The maximum Gasteiger partial charge on any atom is 0.236 e. The standard InChI is InChI=1S/C26H29NO3S/c1-18-6-12-22(13-7-18)26(5,25(28)27-23-14-8-19(2)9-15-23)21(4)31(29,30)24-16-10-20(3)11-17-24/h6-17,21H,1-5H3,(H,27,28). The lowest BCUT2D eigenvalue weighted by atomic mass is 9.78. The van der Waals surface area contributed by atoms with E-state index in [0.717, 1.165) is 16.7 Å². The van der Waals surface area contributed by atoms with Crippen molar-refractivity contribution in [3.05, 3.63) is 95.1 Å². The van der Waals surface area contributed by atoms with Crippen LogP contribution in [-0.4, -0.2) is 19.6 Å². The molecule has 0 radical (unpaired) electrons. The number of benzene rings is 3. The minimum absolute atomic E-state index is 0.215. The minimum Gasteiger partial charge on any atom is -0.325 e. The Balaban J connectivity index is 2.08. The summed E-state index contributed by atoms with van der Waals surface area (Å²) < 4.78 is 27.1.